The molecule has 4 heteroatoms. The molecule has 1 nitrogen and oxygen atoms in total. The molecule has 1 aromatic carbocycles. The van der Waals surface area contributed by atoms with Gasteiger partial charge in [-0.3, -0.25) is 4.79 Å². The summed E-state index contributed by atoms with van der Waals surface area (Å²) >= 11 is 2.06. The van der Waals surface area contributed by atoms with Crippen LogP contribution in [0.25, 0.3) is 0 Å². The molecule has 0 aliphatic rings. The molecule has 14 heavy (non-hydrogen) atoms. The fraction of sp³-hybridized carbons (Fsp3) is 0.300. The maximum atomic E-state index is 12.7. The lowest BCUT2D eigenvalue weighted by molar-refractivity contribution is 0.0592. The van der Waals surface area contributed by atoms with Crippen LogP contribution in [0.3, 0.4) is 0 Å². The van der Waals surface area contributed by atoms with E-state index in [0.717, 1.165) is 5.56 Å². The summed E-state index contributed by atoms with van der Waals surface area (Å²) in [6.07, 6.45) is 0. The first-order chi connectivity index (χ1) is 6.34. The van der Waals surface area contributed by atoms with Gasteiger partial charge in [0.2, 0.25) is 5.78 Å². The first-order valence-electron chi connectivity index (χ1n) is 4.02. The smallest absolute Gasteiger partial charge is 0.286 e. The first-order valence-corrected chi connectivity index (χ1v) is 4.81. The Bertz CT molecular complexity index is 369. The Morgan fingerprint density at radius 3 is 2.43 bits per heavy atom. The third-order valence-corrected chi connectivity index (χ3v) is 2.47. The monoisotopic (exact) mass is 262 g/mol. The number of rotatable bonds is 2. The molecule has 0 aromatic heterocycles. The molecule has 1 rings (SSSR count). The molecule has 1 aromatic rings. The Kier molecular flexibility index (Phi) is 3.04. The van der Waals surface area contributed by atoms with Crippen molar-refractivity contribution in [3.05, 3.63) is 34.9 Å². The van der Waals surface area contributed by atoms with Gasteiger partial charge >= 0.3 is 4.83 Å². The minimum Gasteiger partial charge on any atom is -0.286 e. The normalized spacial score (nSPS) is 11.5. The van der Waals surface area contributed by atoms with Gasteiger partial charge in [-0.1, -0.05) is 18.2 Å². The average molecular weight is 263 g/mol. The molecule has 0 radical (unpaired) electrons. The molecule has 0 spiro atoms. The van der Waals surface area contributed by atoms with Gasteiger partial charge in [-0.15, -0.1) is 0 Å². The summed E-state index contributed by atoms with van der Waals surface area (Å²) in [5, 5.41) is 0. The third kappa shape index (κ3) is 2.18. The predicted molar refractivity (Wildman–Crippen MR) is 54.1 cm³/mol. The summed E-state index contributed by atoms with van der Waals surface area (Å²) in [7, 11) is 0. The lowest BCUT2D eigenvalue weighted by Gasteiger charge is -2.10. The average Bonchev–Trinajstić information content (AvgIpc) is 2.07. The van der Waals surface area contributed by atoms with E-state index in [1.165, 1.54) is 6.07 Å². The standard InChI is InChI=1S/C10H9BrF2O/c1-6-4-3-5-8(7(6)2)9(14)10(11,12)13/h3-5H,1-2H3. The van der Waals surface area contributed by atoms with Crippen molar-refractivity contribution in [1.82, 2.24) is 0 Å². The van der Waals surface area contributed by atoms with Crippen molar-refractivity contribution in [3.63, 3.8) is 0 Å². The Morgan fingerprint density at radius 2 is 1.93 bits per heavy atom. The summed E-state index contributed by atoms with van der Waals surface area (Å²) in [4.78, 5) is 7.76. The molecular formula is C10H9BrF2O. The van der Waals surface area contributed by atoms with Crippen LogP contribution in [-0.2, 0) is 0 Å². The maximum Gasteiger partial charge on any atom is 0.363 e. The number of aryl methyl sites for hydroxylation is 1. The Balaban J connectivity index is 3.21. The predicted octanol–water partition coefficient (Wildman–Crippen LogP) is 3.47. The second-order valence-corrected chi connectivity index (χ2v) is 4.07. The minimum atomic E-state index is -3.48. The molecule has 76 valence electrons. The van der Waals surface area contributed by atoms with Gasteiger partial charge in [-0.05, 0) is 40.9 Å². The third-order valence-electron chi connectivity index (χ3n) is 2.11. The van der Waals surface area contributed by atoms with E-state index in [1.54, 1.807) is 26.0 Å². The zero-order valence-corrected chi connectivity index (χ0v) is 9.36. The second kappa shape index (κ2) is 3.77. The molecule has 0 N–H and O–H groups in total. The molecular weight excluding hydrogens is 254 g/mol. The Hall–Kier alpha value is -0.770. The molecule has 0 saturated heterocycles. The van der Waals surface area contributed by atoms with Gasteiger partial charge in [-0.25, -0.2) is 0 Å². The summed E-state index contributed by atoms with van der Waals surface area (Å²) in [6.45, 7) is 3.43. The highest BCUT2D eigenvalue weighted by Crippen LogP contribution is 2.28. The molecule has 0 unspecified atom stereocenters. The number of carbonyl (C=O) groups excluding carboxylic acids is 1. The van der Waals surface area contributed by atoms with Crippen LogP contribution >= 0.6 is 15.9 Å². The molecule has 0 amide bonds. The number of carbonyl (C=O) groups is 1. The topological polar surface area (TPSA) is 17.1 Å². The van der Waals surface area contributed by atoms with Crippen molar-refractivity contribution in [1.29, 1.82) is 0 Å². The van der Waals surface area contributed by atoms with E-state index in [2.05, 4.69) is 15.9 Å². The Labute approximate surface area is 89.3 Å². The highest BCUT2D eigenvalue weighted by molar-refractivity contribution is 9.10. The zero-order valence-electron chi connectivity index (χ0n) is 7.77. The van der Waals surface area contributed by atoms with Crippen LogP contribution in [-0.4, -0.2) is 10.6 Å². The van der Waals surface area contributed by atoms with E-state index < -0.39 is 10.6 Å². The van der Waals surface area contributed by atoms with Crippen LogP contribution in [0.2, 0.25) is 0 Å². The second-order valence-electron chi connectivity index (χ2n) is 3.07. The van der Waals surface area contributed by atoms with Crippen molar-refractivity contribution in [2.24, 2.45) is 0 Å². The molecule has 0 aliphatic heterocycles. The first kappa shape index (κ1) is 11.3. The quantitative estimate of drug-likeness (QED) is 0.589. The zero-order chi connectivity index (χ0) is 10.9. The fourth-order valence-electron chi connectivity index (χ4n) is 1.15. The van der Waals surface area contributed by atoms with E-state index >= 15 is 0 Å². The summed E-state index contributed by atoms with van der Waals surface area (Å²) in [6, 6.07) is 4.77. The van der Waals surface area contributed by atoms with E-state index in [4.69, 9.17) is 0 Å². The highest BCUT2D eigenvalue weighted by Gasteiger charge is 2.36. The van der Waals surface area contributed by atoms with Crippen LogP contribution in [0.5, 0.6) is 0 Å². The van der Waals surface area contributed by atoms with Crippen LogP contribution in [0.4, 0.5) is 8.78 Å². The van der Waals surface area contributed by atoms with E-state index in [-0.39, 0.29) is 5.56 Å². The summed E-state index contributed by atoms with van der Waals surface area (Å²) < 4.78 is 25.4. The number of benzene rings is 1. The van der Waals surface area contributed by atoms with E-state index in [9.17, 15) is 13.6 Å². The maximum absolute atomic E-state index is 12.7. The SMILES string of the molecule is Cc1cccc(C(=O)C(F)(F)Br)c1C. The Morgan fingerprint density at radius 1 is 1.36 bits per heavy atom. The van der Waals surface area contributed by atoms with E-state index in [0.29, 0.717) is 5.56 Å². The fourth-order valence-corrected chi connectivity index (χ4v) is 1.36. The minimum absolute atomic E-state index is 0.0619. The number of halogens is 3. The summed E-state index contributed by atoms with van der Waals surface area (Å²) in [5.41, 5.74) is 1.48. The molecule has 0 heterocycles. The molecule has 0 fully saturated rings. The van der Waals surface area contributed by atoms with Crippen molar-refractivity contribution < 1.29 is 13.6 Å². The molecule has 0 aliphatic carbocycles. The van der Waals surface area contributed by atoms with Gasteiger partial charge in [0.1, 0.15) is 0 Å². The number of alkyl halides is 3. The van der Waals surface area contributed by atoms with Crippen LogP contribution in [0.1, 0.15) is 21.5 Å². The van der Waals surface area contributed by atoms with Crippen LogP contribution in [0, 0.1) is 13.8 Å². The molecule has 0 atom stereocenters. The van der Waals surface area contributed by atoms with Gasteiger partial charge in [0, 0.05) is 5.56 Å². The van der Waals surface area contributed by atoms with Gasteiger partial charge in [0.25, 0.3) is 0 Å². The van der Waals surface area contributed by atoms with Gasteiger partial charge in [0.15, 0.2) is 0 Å². The molecule has 0 saturated carbocycles. The van der Waals surface area contributed by atoms with Gasteiger partial charge < -0.3 is 0 Å². The van der Waals surface area contributed by atoms with Crippen molar-refractivity contribution in [2.45, 2.75) is 18.7 Å². The lowest BCUT2D eigenvalue weighted by atomic mass is 10.0. The van der Waals surface area contributed by atoms with Gasteiger partial charge in [0.05, 0.1) is 0 Å². The van der Waals surface area contributed by atoms with Crippen molar-refractivity contribution in [2.75, 3.05) is 0 Å². The van der Waals surface area contributed by atoms with Crippen LogP contribution in [0.15, 0.2) is 18.2 Å². The lowest BCUT2D eigenvalue weighted by Crippen LogP contribution is -2.21. The highest BCUT2D eigenvalue weighted by atomic mass is 79.9. The largest absolute Gasteiger partial charge is 0.363 e. The van der Waals surface area contributed by atoms with Crippen molar-refractivity contribution >= 4 is 21.7 Å². The van der Waals surface area contributed by atoms with E-state index in [1.807, 2.05) is 0 Å². The van der Waals surface area contributed by atoms with Crippen molar-refractivity contribution in [3.8, 4) is 0 Å². The number of hydrogen-bond acceptors (Lipinski definition) is 1. The summed E-state index contributed by atoms with van der Waals surface area (Å²) in [5.74, 6) is -1.20. The number of ketones is 1. The van der Waals surface area contributed by atoms with Crippen LogP contribution < -0.4 is 0 Å². The number of hydrogen-bond donors (Lipinski definition) is 0. The molecule has 0 bridgehead atoms. The number of Topliss-reactive ketones (excluding diaryl/α,β-unsaturated/α-hetero) is 1. The van der Waals surface area contributed by atoms with Gasteiger partial charge in [-0.2, -0.15) is 8.78 Å².